The summed E-state index contributed by atoms with van der Waals surface area (Å²) in [5.41, 5.74) is 2.10. The Morgan fingerprint density at radius 3 is 2.47 bits per heavy atom. The van der Waals surface area contributed by atoms with Crippen LogP contribution in [-0.4, -0.2) is 52.0 Å². The molecule has 2 aromatic carbocycles. The average Bonchev–Trinajstić information content (AvgIpc) is 3.23. The molecule has 0 aliphatic carbocycles. The number of carbonyl (C=O) groups excluding carboxylic acids is 1. The number of methoxy groups -OCH3 is 1. The first-order valence-corrected chi connectivity index (χ1v) is 12.6. The number of unbranched alkanes of at least 4 members (excludes halogenated alkanes) is 1. The summed E-state index contributed by atoms with van der Waals surface area (Å²) >= 11 is 0. The zero-order valence-corrected chi connectivity index (χ0v) is 20.1. The highest BCUT2D eigenvalue weighted by molar-refractivity contribution is 7.89. The predicted octanol–water partition coefficient (Wildman–Crippen LogP) is 4.11. The molecule has 2 aromatic rings. The van der Waals surface area contributed by atoms with Gasteiger partial charge in [-0.2, -0.15) is 4.31 Å². The fourth-order valence-electron chi connectivity index (χ4n) is 3.86. The van der Waals surface area contributed by atoms with Gasteiger partial charge in [0.05, 0.1) is 18.6 Å². The van der Waals surface area contributed by atoms with Crippen molar-refractivity contribution in [3.05, 3.63) is 47.5 Å². The summed E-state index contributed by atoms with van der Waals surface area (Å²) in [6.07, 6.45) is 2.59. The SMILES string of the molecule is CCCCOc1ccc(C(=O)N2CCc3cc(S(=O)(=O)N(CC)CC)ccc32)cc1OC. The fourth-order valence-corrected chi connectivity index (χ4v) is 5.37. The normalized spacial score (nSPS) is 13.3. The fraction of sp³-hybridized carbons (Fsp3) is 0.458. The molecule has 1 amide bonds. The van der Waals surface area contributed by atoms with Crippen molar-refractivity contribution in [3.63, 3.8) is 0 Å². The minimum Gasteiger partial charge on any atom is -0.493 e. The Kier molecular flexibility index (Phi) is 7.79. The average molecular weight is 461 g/mol. The van der Waals surface area contributed by atoms with E-state index in [2.05, 4.69) is 6.92 Å². The number of benzene rings is 2. The number of nitrogens with zero attached hydrogens (tertiary/aromatic N) is 2. The van der Waals surface area contributed by atoms with Crippen LogP contribution in [0.15, 0.2) is 41.3 Å². The molecule has 7 nitrogen and oxygen atoms in total. The van der Waals surface area contributed by atoms with Gasteiger partial charge in [0.25, 0.3) is 5.91 Å². The zero-order valence-electron chi connectivity index (χ0n) is 19.3. The van der Waals surface area contributed by atoms with Crippen LogP contribution in [0.2, 0.25) is 0 Å². The van der Waals surface area contributed by atoms with E-state index < -0.39 is 10.0 Å². The first-order valence-electron chi connectivity index (χ1n) is 11.1. The number of rotatable bonds is 10. The molecule has 0 saturated carbocycles. The topological polar surface area (TPSA) is 76.2 Å². The van der Waals surface area contributed by atoms with Crippen LogP contribution in [0.1, 0.15) is 49.5 Å². The number of amides is 1. The van der Waals surface area contributed by atoms with Crippen LogP contribution in [0.25, 0.3) is 0 Å². The van der Waals surface area contributed by atoms with Gasteiger partial charge in [-0.05, 0) is 54.8 Å². The molecule has 0 spiro atoms. The second kappa shape index (κ2) is 10.4. The Labute approximate surface area is 191 Å². The van der Waals surface area contributed by atoms with Crippen molar-refractivity contribution in [3.8, 4) is 11.5 Å². The van der Waals surface area contributed by atoms with Crippen LogP contribution in [0, 0.1) is 0 Å². The summed E-state index contributed by atoms with van der Waals surface area (Å²) in [6.45, 7) is 7.67. The van der Waals surface area contributed by atoms with E-state index in [0.717, 1.165) is 24.1 Å². The highest BCUT2D eigenvalue weighted by Gasteiger charge is 2.29. The third-order valence-corrected chi connectivity index (χ3v) is 7.75. The quantitative estimate of drug-likeness (QED) is 0.499. The summed E-state index contributed by atoms with van der Waals surface area (Å²) in [4.78, 5) is 15.2. The molecule has 0 N–H and O–H groups in total. The molecule has 1 aliphatic heterocycles. The second-order valence-corrected chi connectivity index (χ2v) is 9.59. The maximum Gasteiger partial charge on any atom is 0.258 e. The van der Waals surface area contributed by atoms with Gasteiger partial charge in [-0.1, -0.05) is 27.2 Å². The summed E-state index contributed by atoms with van der Waals surface area (Å²) in [7, 11) is -1.98. The molecule has 0 saturated heterocycles. The minimum absolute atomic E-state index is 0.151. The van der Waals surface area contributed by atoms with E-state index in [9.17, 15) is 13.2 Å². The Hall–Kier alpha value is -2.58. The maximum absolute atomic E-state index is 13.2. The molecular formula is C24H32N2O5S. The lowest BCUT2D eigenvalue weighted by molar-refractivity contribution is 0.0989. The number of carbonyl (C=O) groups is 1. The third-order valence-electron chi connectivity index (χ3n) is 5.70. The molecule has 0 unspecified atom stereocenters. The van der Waals surface area contributed by atoms with Gasteiger partial charge in [-0.15, -0.1) is 0 Å². The highest BCUT2D eigenvalue weighted by atomic mass is 32.2. The molecule has 1 aliphatic rings. The lowest BCUT2D eigenvalue weighted by Gasteiger charge is -2.20. The van der Waals surface area contributed by atoms with E-state index in [1.54, 1.807) is 48.4 Å². The van der Waals surface area contributed by atoms with Crippen molar-refractivity contribution >= 4 is 21.6 Å². The van der Waals surface area contributed by atoms with Crippen molar-refractivity contribution in [2.24, 2.45) is 0 Å². The van der Waals surface area contributed by atoms with Crippen molar-refractivity contribution in [1.82, 2.24) is 4.31 Å². The molecule has 0 atom stereocenters. The van der Waals surface area contributed by atoms with E-state index >= 15 is 0 Å². The van der Waals surface area contributed by atoms with Crippen LogP contribution in [0.4, 0.5) is 5.69 Å². The van der Waals surface area contributed by atoms with Crippen molar-refractivity contribution in [1.29, 1.82) is 0 Å². The highest BCUT2D eigenvalue weighted by Crippen LogP contribution is 2.34. The summed E-state index contributed by atoms with van der Waals surface area (Å²) in [6, 6.07) is 10.2. The van der Waals surface area contributed by atoms with Gasteiger partial charge in [0, 0.05) is 30.9 Å². The Morgan fingerprint density at radius 2 is 1.81 bits per heavy atom. The first kappa shape index (κ1) is 24.1. The molecule has 32 heavy (non-hydrogen) atoms. The zero-order chi connectivity index (χ0) is 23.3. The lowest BCUT2D eigenvalue weighted by atomic mass is 10.1. The van der Waals surface area contributed by atoms with Gasteiger partial charge in [-0.3, -0.25) is 4.79 Å². The number of hydrogen-bond donors (Lipinski definition) is 0. The number of fused-ring (bicyclic) bond motifs is 1. The molecule has 8 heteroatoms. The summed E-state index contributed by atoms with van der Waals surface area (Å²) in [5, 5.41) is 0. The monoisotopic (exact) mass is 460 g/mol. The van der Waals surface area contributed by atoms with E-state index in [1.807, 2.05) is 13.8 Å². The standard InChI is InChI=1S/C24H32N2O5S/c1-5-8-15-31-22-12-9-19(17-23(22)30-4)24(27)26-14-13-18-16-20(10-11-21(18)26)32(28,29)25(6-2)7-3/h9-12,16-17H,5-8,13-15H2,1-4H3. The second-order valence-electron chi connectivity index (χ2n) is 7.65. The third kappa shape index (κ3) is 4.76. The van der Waals surface area contributed by atoms with Crippen LogP contribution in [-0.2, 0) is 16.4 Å². The Bertz CT molecular complexity index is 1060. The van der Waals surface area contributed by atoms with Crippen LogP contribution >= 0.6 is 0 Å². The summed E-state index contributed by atoms with van der Waals surface area (Å²) < 4.78 is 38.3. The first-order chi connectivity index (χ1) is 15.4. The van der Waals surface area contributed by atoms with E-state index in [4.69, 9.17) is 9.47 Å². The summed E-state index contributed by atoms with van der Waals surface area (Å²) in [5.74, 6) is 0.985. The molecule has 174 valence electrons. The van der Waals surface area contributed by atoms with Gasteiger partial charge >= 0.3 is 0 Å². The molecule has 3 rings (SSSR count). The van der Waals surface area contributed by atoms with E-state index in [0.29, 0.717) is 49.7 Å². The maximum atomic E-state index is 13.2. The van der Waals surface area contributed by atoms with Gasteiger partial charge in [0.1, 0.15) is 0 Å². The number of sulfonamides is 1. The van der Waals surface area contributed by atoms with Crippen molar-refractivity contribution in [2.45, 2.75) is 44.9 Å². The number of hydrogen-bond acceptors (Lipinski definition) is 5. The smallest absolute Gasteiger partial charge is 0.258 e. The number of anilines is 1. The number of ether oxygens (including phenoxy) is 2. The van der Waals surface area contributed by atoms with Gasteiger partial charge in [0.2, 0.25) is 10.0 Å². The molecular weight excluding hydrogens is 428 g/mol. The van der Waals surface area contributed by atoms with Crippen LogP contribution < -0.4 is 14.4 Å². The van der Waals surface area contributed by atoms with Crippen LogP contribution in [0.5, 0.6) is 11.5 Å². The largest absolute Gasteiger partial charge is 0.493 e. The van der Waals surface area contributed by atoms with Crippen molar-refractivity contribution < 1.29 is 22.7 Å². The Morgan fingerprint density at radius 1 is 1.06 bits per heavy atom. The molecule has 1 heterocycles. The van der Waals surface area contributed by atoms with Crippen molar-refractivity contribution in [2.75, 3.05) is 38.3 Å². The Balaban J connectivity index is 1.84. The minimum atomic E-state index is -3.54. The molecule has 0 radical (unpaired) electrons. The molecule has 0 fully saturated rings. The van der Waals surface area contributed by atoms with Gasteiger partial charge < -0.3 is 14.4 Å². The predicted molar refractivity (Wildman–Crippen MR) is 125 cm³/mol. The van der Waals surface area contributed by atoms with Crippen LogP contribution in [0.3, 0.4) is 0 Å². The molecule has 0 aromatic heterocycles. The van der Waals surface area contributed by atoms with Gasteiger partial charge in [0.15, 0.2) is 11.5 Å². The van der Waals surface area contributed by atoms with Gasteiger partial charge in [-0.25, -0.2) is 8.42 Å². The van der Waals surface area contributed by atoms with E-state index in [1.165, 1.54) is 4.31 Å². The molecule has 0 bridgehead atoms. The van der Waals surface area contributed by atoms with E-state index in [-0.39, 0.29) is 10.8 Å². The lowest BCUT2D eigenvalue weighted by Crippen LogP contribution is -2.30.